The van der Waals surface area contributed by atoms with E-state index in [9.17, 15) is 18.8 Å². The first-order chi connectivity index (χ1) is 15.8. The Morgan fingerprint density at radius 1 is 1.03 bits per heavy atom. The molecule has 2 heterocycles. The van der Waals surface area contributed by atoms with Gasteiger partial charge in [-0.1, -0.05) is 29.8 Å². The molecule has 0 atom stereocenters. The lowest BCUT2D eigenvalue weighted by Crippen LogP contribution is -2.59. The molecule has 2 aromatic rings. The van der Waals surface area contributed by atoms with E-state index >= 15 is 0 Å². The number of benzene rings is 2. The number of nitrogens with one attached hydrogen (secondary N) is 1. The lowest BCUT2D eigenvalue weighted by atomic mass is 10.0. The summed E-state index contributed by atoms with van der Waals surface area (Å²) in [6, 6.07) is 11.0. The van der Waals surface area contributed by atoms with Gasteiger partial charge in [-0.15, -0.1) is 0 Å². The molecule has 0 bridgehead atoms. The van der Waals surface area contributed by atoms with Gasteiger partial charge in [0.15, 0.2) is 0 Å². The van der Waals surface area contributed by atoms with Gasteiger partial charge in [-0.05, 0) is 55.2 Å². The van der Waals surface area contributed by atoms with E-state index in [1.165, 1.54) is 17.0 Å². The Bertz CT molecular complexity index is 1050. The summed E-state index contributed by atoms with van der Waals surface area (Å²) in [4.78, 5) is 43.0. The predicted molar refractivity (Wildman–Crippen MR) is 123 cm³/mol. The molecule has 0 aliphatic carbocycles. The topological polar surface area (TPSA) is 73.0 Å². The standard InChI is InChI=1S/C24H26ClFN4O3/c1-16-2-5-18(25)14-21(16)27-24(33)28-10-8-20(9-11-28)30-13-12-29(22(31)23(30)32)15-17-3-6-19(26)7-4-17/h2-7,14,20H,8-13,15H2,1H3,(H,27,33). The van der Waals surface area contributed by atoms with E-state index < -0.39 is 11.8 Å². The minimum absolute atomic E-state index is 0.0774. The predicted octanol–water partition coefficient (Wildman–Crippen LogP) is 3.65. The number of nitrogens with zero attached hydrogens (tertiary/aromatic N) is 3. The van der Waals surface area contributed by atoms with Gasteiger partial charge in [0.25, 0.3) is 0 Å². The van der Waals surface area contributed by atoms with Crippen molar-refractivity contribution >= 4 is 35.1 Å². The third kappa shape index (κ3) is 5.27. The van der Waals surface area contributed by atoms with Gasteiger partial charge in [-0.3, -0.25) is 9.59 Å². The largest absolute Gasteiger partial charge is 0.330 e. The molecule has 7 nitrogen and oxygen atoms in total. The van der Waals surface area contributed by atoms with Crippen molar-refractivity contribution in [3.8, 4) is 0 Å². The van der Waals surface area contributed by atoms with Crippen LogP contribution in [0.5, 0.6) is 0 Å². The average molecular weight is 473 g/mol. The summed E-state index contributed by atoms with van der Waals surface area (Å²) in [5.41, 5.74) is 2.37. The van der Waals surface area contributed by atoms with Gasteiger partial charge < -0.3 is 20.0 Å². The van der Waals surface area contributed by atoms with Crippen molar-refractivity contribution in [2.75, 3.05) is 31.5 Å². The van der Waals surface area contributed by atoms with E-state index in [0.717, 1.165) is 11.1 Å². The molecular formula is C24H26ClFN4O3. The van der Waals surface area contributed by atoms with Crippen LogP contribution >= 0.6 is 11.6 Å². The zero-order valence-corrected chi connectivity index (χ0v) is 19.1. The molecule has 174 valence electrons. The molecule has 0 unspecified atom stereocenters. The highest BCUT2D eigenvalue weighted by atomic mass is 35.5. The molecule has 0 aromatic heterocycles. The van der Waals surface area contributed by atoms with Crippen LogP contribution < -0.4 is 5.32 Å². The van der Waals surface area contributed by atoms with E-state index in [1.807, 2.05) is 13.0 Å². The molecule has 33 heavy (non-hydrogen) atoms. The number of urea groups is 1. The van der Waals surface area contributed by atoms with E-state index in [-0.39, 0.29) is 24.4 Å². The van der Waals surface area contributed by atoms with E-state index in [0.29, 0.717) is 49.7 Å². The molecule has 0 radical (unpaired) electrons. The van der Waals surface area contributed by atoms with E-state index in [2.05, 4.69) is 5.32 Å². The van der Waals surface area contributed by atoms with E-state index in [1.54, 1.807) is 34.1 Å². The maximum absolute atomic E-state index is 13.1. The second-order valence-corrected chi connectivity index (χ2v) is 8.90. The minimum atomic E-state index is -0.540. The number of halogens is 2. The number of carbonyl (C=O) groups excluding carboxylic acids is 3. The fourth-order valence-corrected chi connectivity index (χ4v) is 4.47. The van der Waals surface area contributed by atoms with Crippen molar-refractivity contribution in [3.05, 3.63) is 64.4 Å². The zero-order chi connectivity index (χ0) is 23.5. The van der Waals surface area contributed by atoms with Crippen molar-refractivity contribution in [2.24, 2.45) is 0 Å². The fourth-order valence-electron chi connectivity index (χ4n) is 4.30. The fraction of sp³-hybridized carbons (Fsp3) is 0.375. The Morgan fingerprint density at radius 3 is 2.42 bits per heavy atom. The first kappa shape index (κ1) is 23.0. The normalized spacial score (nSPS) is 17.5. The molecule has 2 saturated heterocycles. The maximum Gasteiger partial charge on any atom is 0.321 e. The average Bonchev–Trinajstić information content (AvgIpc) is 2.81. The van der Waals surface area contributed by atoms with Crippen molar-refractivity contribution < 1.29 is 18.8 Å². The molecule has 4 rings (SSSR count). The van der Waals surface area contributed by atoms with Gasteiger partial charge in [-0.25, -0.2) is 9.18 Å². The van der Waals surface area contributed by atoms with Crippen LogP contribution in [-0.2, 0) is 16.1 Å². The van der Waals surface area contributed by atoms with Crippen molar-refractivity contribution in [1.29, 1.82) is 0 Å². The molecule has 1 N–H and O–H groups in total. The molecule has 0 saturated carbocycles. The first-order valence-corrected chi connectivity index (χ1v) is 11.4. The Hall–Kier alpha value is -3.13. The highest BCUT2D eigenvalue weighted by Gasteiger charge is 2.38. The Labute approximate surface area is 197 Å². The SMILES string of the molecule is Cc1ccc(Cl)cc1NC(=O)N1CCC(N2CCN(Cc3ccc(F)cc3)C(=O)C2=O)CC1. The molecular weight excluding hydrogens is 447 g/mol. The maximum atomic E-state index is 13.1. The van der Waals surface area contributed by atoms with Crippen LogP contribution in [0.25, 0.3) is 0 Å². The van der Waals surface area contributed by atoms with Gasteiger partial charge in [-0.2, -0.15) is 0 Å². The molecule has 2 aliphatic heterocycles. The highest BCUT2D eigenvalue weighted by Crippen LogP contribution is 2.23. The second-order valence-electron chi connectivity index (χ2n) is 8.46. The third-order valence-electron chi connectivity index (χ3n) is 6.26. The smallest absolute Gasteiger partial charge is 0.321 e. The number of piperazine rings is 1. The number of carbonyl (C=O) groups is 3. The van der Waals surface area contributed by atoms with Gasteiger partial charge in [0.05, 0.1) is 0 Å². The number of hydrogen-bond donors (Lipinski definition) is 1. The summed E-state index contributed by atoms with van der Waals surface area (Å²) in [7, 11) is 0. The third-order valence-corrected chi connectivity index (χ3v) is 6.50. The van der Waals surface area contributed by atoms with E-state index in [4.69, 9.17) is 11.6 Å². The molecule has 2 fully saturated rings. The lowest BCUT2D eigenvalue weighted by Gasteiger charge is -2.42. The zero-order valence-electron chi connectivity index (χ0n) is 18.4. The summed E-state index contributed by atoms with van der Waals surface area (Å²) in [6.45, 7) is 4.04. The van der Waals surface area contributed by atoms with Gasteiger partial charge in [0.2, 0.25) is 0 Å². The van der Waals surface area contributed by atoms with Crippen LogP contribution in [0, 0.1) is 12.7 Å². The Balaban J connectivity index is 1.30. The minimum Gasteiger partial charge on any atom is -0.330 e. The summed E-state index contributed by atoms with van der Waals surface area (Å²) < 4.78 is 13.1. The van der Waals surface area contributed by atoms with Gasteiger partial charge >= 0.3 is 17.8 Å². The summed E-state index contributed by atoms with van der Waals surface area (Å²) in [5.74, 6) is -1.39. The van der Waals surface area contributed by atoms with Crippen molar-refractivity contribution in [3.63, 3.8) is 0 Å². The quantitative estimate of drug-likeness (QED) is 0.690. The Morgan fingerprint density at radius 2 is 1.73 bits per heavy atom. The van der Waals surface area contributed by atoms with Gasteiger partial charge in [0, 0.05) is 49.5 Å². The lowest BCUT2D eigenvalue weighted by molar-refractivity contribution is -0.158. The molecule has 2 aromatic carbocycles. The number of anilines is 1. The number of piperidine rings is 1. The molecule has 4 amide bonds. The van der Waals surface area contributed by atoms with Crippen molar-refractivity contribution in [1.82, 2.24) is 14.7 Å². The highest BCUT2D eigenvalue weighted by molar-refractivity contribution is 6.35. The second kappa shape index (κ2) is 9.79. The summed E-state index contributed by atoms with van der Waals surface area (Å²) in [6.07, 6.45) is 1.22. The van der Waals surface area contributed by atoms with Crippen LogP contribution in [0.1, 0.15) is 24.0 Å². The van der Waals surface area contributed by atoms with Crippen LogP contribution in [0.4, 0.5) is 14.9 Å². The first-order valence-electron chi connectivity index (χ1n) is 11.0. The molecule has 0 spiro atoms. The molecule has 2 aliphatic rings. The number of rotatable bonds is 4. The monoisotopic (exact) mass is 472 g/mol. The number of hydrogen-bond acceptors (Lipinski definition) is 3. The van der Waals surface area contributed by atoms with Crippen LogP contribution in [0.3, 0.4) is 0 Å². The van der Waals surface area contributed by atoms with Crippen molar-refractivity contribution in [2.45, 2.75) is 32.4 Å². The van der Waals surface area contributed by atoms with Crippen LogP contribution in [-0.4, -0.2) is 64.8 Å². The van der Waals surface area contributed by atoms with Gasteiger partial charge in [0.1, 0.15) is 5.82 Å². The van der Waals surface area contributed by atoms with Crippen LogP contribution in [0.2, 0.25) is 5.02 Å². The van der Waals surface area contributed by atoms with Crippen LogP contribution in [0.15, 0.2) is 42.5 Å². The number of aryl methyl sites for hydroxylation is 1. The summed E-state index contributed by atoms with van der Waals surface area (Å²) >= 11 is 6.03. The number of amides is 4. The number of likely N-dealkylation sites (tertiary alicyclic amines) is 1. The Kier molecular flexibility index (Phi) is 6.83. The summed E-state index contributed by atoms with van der Waals surface area (Å²) in [5, 5.41) is 3.45. The molecule has 9 heteroatoms.